The quantitative estimate of drug-likeness (QED) is 0.540. The van der Waals surface area contributed by atoms with Gasteiger partial charge in [-0.05, 0) is 67.0 Å². The van der Waals surface area contributed by atoms with Crippen molar-refractivity contribution in [2.24, 2.45) is 23.2 Å². The van der Waals surface area contributed by atoms with Crippen LogP contribution in [0.4, 0.5) is 0 Å². The van der Waals surface area contributed by atoms with Crippen LogP contribution in [0.15, 0.2) is 60.7 Å². The zero-order chi connectivity index (χ0) is 25.1. The number of carbonyl (C=O) groups is 1. The molecular weight excluding hydrogens is 442 g/mol. The third-order valence-corrected chi connectivity index (χ3v) is 9.08. The fourth-order valence-corrected chi connectivity index (χ4v) is 6.58. The predicted octanol–water partition coefficient (Wildman–Crippen LogP) is 5.75. The third kappa shape index (κ3) is 6.03. The van der Waals surface area contributed by atoms with Gasteiger partial charge in [0.2, 0.25) is 5.91 Å². The van der Waals surface area contributed by atoms with E-state index in [1.54, 1.807) is 0 Å². The molecule has 2 aliphatic carbocycles. The van der Waals surface area contributed by atoms with E-state index in [0.717, 1.165) is 45.1 Å². The van der Waals surface area contributed by atoms with E-state index in [4.69, 9.17) is 0 Å². The summed E-state index contributed by atoms with van der Waals surface area (Å²) >= 11 is 0. The van der Waals surface area contributed by atoms with E-state index >= 15 is 0 Å². The molecule has 1 aliphatic heterocycles. The van der Waals surface area contributed by atoms with Crippen molar-refractivity contribution in [2.75, 3.05) is 32.7 Å². The number of amides is 1. The Hall–Kier alpha value is -2.17. The molecule has 1 N–H and O–H groups in total. The lowest BCUT2D eigenvalue weighted by Crippen LogP contribution is -2.50. The SMILES string of the molecule is CC(C)(C)C1CCC(NCC2CC2C(=O)N2CCN(C(c3ccccc3)c3ccccc3)CC2)CC1. The zero-order valence-electron chi connectivity index (χ0n) is 22.5. The highest BCUT2D eigenvalue weighted by molar-refractivity contribution is 5.81. The largest absolute Gasteiger partial charge is 0.340 e. The lowest BCUT2D eigenvalue weighted by Gasteiger charge is -2.40. The van der Waals surface area contributed by atoms with E-state index in [-0.39, 0.29) is 12.0 Å². The molecule has 3 aliphatic rings. The third-order valence-electron chi connectivity index (χ3n) is 9.08. The predicted molar refractivity (Wildman–Crippen MR) is 148 cm³/mol. The van der Waals surface area contributed by atoms with Gasteiger partial charge in [-0.1, -0.05) is 81.4 Å². The molecule has 0 bridgehead atoms. The van der Waals surface area contributed by atoms with Crippen molar-refractivity contribution in [1.82, 2.24) is 15.1 Å². The topological polar surface area (TPSA) is 35.6 Å². The van der Waals surface area contributed by atoms with Crippen molar-refractivity contribution in [3.8, 4) is 0 Å². The highest BCUT2D eigenvalue weighted by Crippen LogP contribution is 2.41. The van der Waals surface area contributed by atoms with Crippen LogP contribution in [-0.4, -0.2) is 54.5 Å². The molecule has 2 saturated carbocycles. The van der Waals surface area contributed by atoms with E-state index in [0.29, 0.717) is 23.3 Å². The van der Waals surface area contributed by atoms with Crippen LogP contribution in [-0.2, 0) is 4.79 Å². The summed E-state index contributed by atoms with van der Waals surface area (Å²) in [5.41, 5.74) is 3.09. The Balaban J connectivity index is 1.09. The summed E-state index contributed by atoms with van der Waals surface area (Å²) in [6.45, 7) is 11.7. The van der Waals surface area contributed by atoms with Crippen molar-refractivity contribution in [1.29, 1.82) is 0 Å². The molecule has 1 amide bonds. The van der Waals surface area contributed by atoms with Crippen LogP contribution < -0.4 is 5.32 Å². The van der Waals surface area contributed by atoms with Crippen molar-refractivity contribution in [3.63, 3.8) is 0 Å². The van der Waals surface area contributed by atoms with Crippen molar-refractivity contribution in [2.45, 2.75) is 65.0 Å². The van der Waals surface area contributed by atoms with Gasteiger partial charge < -0.3 is 10.2 Å². The van der Waals surface area contributed by atoms with Crippen molar-refractivity contribution in [3.05, 3.63) is 71.8 Å². The zero-order valence-corrected chi connectivity index (χ0v) is 22.5. The maximum Gasteiger partial charge on any atom is 0.226 e. The van der Waals surface area contributed by atoms with Crippen LogP contribution in [0.5, 0.6) is 0 Å². The Labute approximate surface area is 218 Å². The van der Waals surface area contributed by atoms with Gasteiger partial charge in [0.1, 0.15) is 0 Å². The van der Waals surface area contributed by atoms with Crippen LogP contribution in [0.25, 0.3) is 0 Å². The van der Waals surface area contributed by atoms with Gasteiger partial charge in [0.15, 0.2) is 0 Å². The molecule has 2 aromatic carbocycles. The lowest BCUT2D eigenvalue weighted by atomic mass is 9.71. The number of benzene rings is 2. The second-order valence-corrected chi connectivity index (χ2v) is 12.5. The van der Waals surface area contributed by atoms with Crippen LogP contribution in [0, 0.1) is 23.2 Å². The number of rotatable bonds is 7. The average Bonchev–Trinajstić information content (AvgIpc) is 3.68. The first-order chi connectivity index (χ1) is 17.4. The Morgan fingerprint density at radius 2 is 1.42 bits per heavy atom. The molecule has 194 valence electrons. The molecule has 3 fully saturated rings. The number of nitrogens with one attached hydrogen (secondary N) is 1. The van der Waals surface area contributed by atoms with Crippen LogP contribution in [0.1, 0.15) is 70.0 Å². The molecule has 5 rings (SSSR count). The number of piperazine rings is 1. The fraction of sp³-hybridized carbons (Fsp3) is 0.594. The highest BCUT2D eigenvalue weighted by atomic mass is 16.2. The Bertz CT molecular complexity index is 930. The molecule has 2 aromatic rings. The Kier molecular flexibility index (Phi) is 7.83. The number of hydrogen-bond donors (Lipinski definition) is 1. The maximum atomic E-state index is 13.3. The van der Waals surface area contributed by atoms with Crippen LogP contribution in [0.2, 0.25) is 0 Å². The second-order valence-electron chi connectivity index (χ2n) is 12.5. The second kappa shape index (κ2) is 11.1. The maximum absolute atomic E-state index is 13.3. The summed E-state index contributed by atoms with van der Waals surface area (Å²) in [6.07, 6.45) is 6.33. The molecule has 2 atom stereocenters. The van der Waals surface area contributed by atoms with Gasteiger partial charge in [-0.3, -0.25) is 9.69 Å². The average molecular weight is 488 g/mol. The van der Waals surface area contributed by atoms with Gasteiger partial charge in [-0.15, -0.1) is 0 Å². The molecule has 0 radical (unpaired) electrons. The van der Waals surface area contributed by atoms with Gasteiger partial charge >= 0.3 is 0 Å². The van der Waals surface area contributed by atoms with Crippen molar-refractivity contribution < 1.29 is 4.79 Å². The molecule has 1 heterocycles. The first-order valence-electron chi connectivity index (χ1n) is 14.3. The standard InChI is InChI=1S/C32H45N3O/c1-32(2,3)27-14-16-28(17-15-27)33-23-26-22-29(26)31(36)35-20-18-34(19-21-35)30(24-10-6-4-7-11-24)25-12-8-5-9-13-25/h4-13,26-30,33H,14-23H2,1-3H3. The van der Waals surface area contributed by atoms with E-state index < -0.39 is 0 Å². The van der Waals surface area contributed by atoms with E-state index in [1.807, 2.05) is 0 Å². The summed E-state index contributed by atoms with van der Waals surface area (Å²) in [5.74, 6) is 2.04. The van der Waals surface area contributed by atoms with E-state index in [2.05, 4.69) is 96.6 Å². The summed E-state index contributed by atoms with van der Waals surface area (Å²) in [4.78, 5) is 18.0. The fourth-order valence-electron chi connectivity index (χ4n) is 6.58. The normalized spacial score (nSPS) is 27.3. The summed E-state index contributed by atoms with van der Waals surface area (Å²) in [6, 6.07) is 22.5. The molecule has 4 heteroatoms. The first kappa shape index (κ1) is 25.5. The molecule has 0 aromatic heterocycles. The number of carbonyl (C=O) groups excluding carboxylic acids is 1. The number of nitrogens with zero attached hydrogens (tertiary/aromatic N) is 2. The van der Waals surface area contributed by atoms with Gasteiger partial charge in [0.05, 0.1) is 6.04 Å². The summed E-state index contributed by atoms with van der Waals surface area (Å²) < 4.78 is 0. The first-order valence-corrected chi connectivity index (χ1v) is 14.3. The minimum atomic E-state index is 0.244. The number of hydrogen-bond acceptors (Lipinski definition) is 3. The van der Waals surface area contributed by atoms with Gasteiger partial charge in [-0.25, -0.2) is 0 Å². The van der Waals surface area contributed by atoms with E-state index in [9.17, 15) is 4.79 Å². The van der Waals surface area contributed by atoms with E-state index in [1.165, 1.54) is 36.8 Å². The summed E-state index contributed by atoms with van der Waals surface area (Å²) in [7, 11) is 0. The highest BCUT2D eigenvalue weighted by Gasteiger charge is 2.45. The minimum absolute atomic E-state index is 0.244. The van der Waals surface area contributed by atoms with Crippen LogP contribution >= 0.6 is 0 Å². The van der Waals surface area contributed by atoms with Gasteiger partial charge in [-0.2, -0.15) is 0 Å². The Morgan fingerprint density at radius 3 is 1.94 bits per heavy atom. The molecular formula is C32H45N3O. The smallest absolute Gasteiger partial charge is 0.226 e. The van der Waals surface area contributed by atoms with Crippen molar-refractivity contribution >= 4 is 5.91 Å². The van der Waals surface area contributed by atoms with Gasteiger partial charge in [0.25, 0.3) is 0 Å². The molecule has 2 unspecified atom stereocenters. The monoisotopic (exact) mass is 487 g/mol. The van der Waals surface area contributed by atoms with Gasteiger partial charge in [0, 0.05) is 38.1 Å². The molecule has 1 saturated heterocycles. The molecule has 0 spiro atoms. The van der Waals surface area contributed by atoms with Crippen LogP contribution in [0.3, 0.4) is 0 Å². The minimum Gasteiger partial charge on any atom is -0.340 e. The Morgan fingerprint density at radius 1 is 0.861 bits per heavy atom. The lowest BCUT2D eigenvalue weighted by molar-refractivity contribution is -0.134. The summed E-state index contributed by atoms with van der Waals surface area (Å²) in [5, 5.41) is 3.82. The molecule has 4 nitrogen and oxygen atoms in total. The molecule has 36 heavy (non-hydrogen) atoms.